The molecular formula is C13H11N3O2. The van der Waals surface area contributed by atoms with E-state index in [1.54, 1.807) is 38.2 Å². The van der Waals surface area contributed by atoms with E-state index in [0.717, 1.165) is 0 Å². The summed E-state index contributed by atoms with van der Waals surface area (Å²) in [6, 6.07) is 8.76. The summed E-state index contributed by atoms with van der Waals surface area (Å²) < 4.78 is 7.11. The number of nitriles is 1. The number of carbonyl (C=O) groups excluding carboxylic acids is 1. The van der Waals surface area contributed by atoms with E-state index < -0.39 is 0 Å². The maximum Gasteiger partial charge on any atom is 0.228 e. The van der Waals surface area contributed by atoms with E-state index in [1.807, 2.05) is 6.07 Å². The summed E-state index contributed by atoms with van der Waals surface area (Å²) in [6.45, 7) is 1.74. The number of aldehydes is 1. The van der Waals surface area contributed by atoms with E-state index in [1.165, 1.54) is 4.68 Å². The number of aromatic nitrogens is 2. The van der Waals surface area contributed by atoms with Crippen LogP contribution in [-0.4, -0.2) is 16.1 Å². The number of ether oxygens (including phenoxy) is 1. The molecule has 0 amide bonds. The SMILES string of the molecule is Cc1nn(C)c(Oc2cccc(C#N)c2)c1C=O. The highest BCUT2D eigenvalue weighted by molar-refractivity contribution is 5.80. The van der Waals surface area contributed by atoms with Crippen LogP contribution in [-0.2, 0) is 7.05 Å². The van der Waals surface area contributed by atoms with Crippen LogP contribution in [0.15, 0.2) is 24.3 Å². The quantitative estimate of drug-likeness (QED) is 0.772. The van der Waals surface area contributed by atoms with Gasteiger partial charge in [-0.2, -0.15) is 10.4 Å². The van der Waals surface area contributed by atoms with Crippen LogP contribution in [0.25, 0.3) is 0 Å². The van der Waals surface area contributed by atoms with E-state index in [9.17, 15) is 4.79 Å². The van der Waals surface area contributed by atoms with E-state index in [4.69, 9.17) is 10.00 Å². The highest BCUT2D eigenvalue weighted by Crippen LogP contribution is 2.26. The van der Waals surface area contributed by atoms with Gasteiger partial charge in [0.2, 0.25) is 5.88 Å². The second-order valence-electron chi connectivity index (χ2n) is 3.79. The Hall–Kier alpha value is -2.61. The number of hydrogen-bond acceptors (Lipinski definition) is 4. The Labute approximate surface area is 104 Å². The van der Waals surface area contributed by atoms with Gasteiger partial charge in [0.25, 0.3) is 0 Å². The summed E-state index contributed by atoms with van der Waals surface area (Å²) in [6.07, 6.45) is 0.714. The fourth-order valence-corrected chi connectivity index (χ4v) is 1.65. The lowest BCUT2D eigenvalue weighted by atomic mass is 10.2. The van der Waals surface area contributed by atoms with Crippen molar-refractivity contribution in [2.45, 2.75) is 6.92 Å². The van der Waals surface area contributed by atoms with Crippen molar-refractivity contribution in [2.24, 2.45) is 7.05 Å². The first-order chi connectivity index (χ1) is 8.65. The third-order valence-corrected chi connectivity index (χ3v) is 2.51. The zero-order chi connectivity index (χ0) is 13.1. The molecule has 0 saturated carbocycles. The molecule has 0 aliphatic heterocycles. The third kappa shape index (κ3) is 2.09. The van der Waals surface area contributed by atoms with E-state index in [-0.39, 0.29) is 0 Å². The van der Waals surface area contributed by atoms with Crippen LogP contribution in [0.5, 0.6) is 11.6 Å². The molecule has 2 rings (SSSR count). The van der Waals surface area contributed by atoms with Crippen LogP contribution in [0.2, 0.25) is 0 Å². The molecule has 0 spiro atoms. The van der Waals surface area contributed by atoms with Gasteiger partial charge in [-0.3, -0.25) is 4.79 Å². The summed E-state index contributed by atoms with van der Waals surface area (Å²) >= 11 is 0. The molecule has 2 aromatic rings. The summed E-state index contributed by atoms with van der Waals surface area (Å²) in [5, 5.41) is 12.9. The van der Waals surface area contributed by atoms with Gasteiger partial charge in [0, 0.05) is 7.05 Å². The van der Waals surface area contributed by atoms with Gasteiger partial charge in [-0.05, 0) is 25.1 Å². The number of nitrogens with zero attached hydrogens (tertiary/aromatic N) is 3. The van der Waals surface area contributed by atoms with Gasteiger partial charge in [0.15, 0.2) is 6.29 Å². The van der Waals surface area contributed by atoms with Crippen molar-refractivity contribution < 1.29 is 9.53 Å². The van der Waals surface area contributed by atoms with Crippen LogP contribution in [0.1, 0.15) is 21.6 Å². The van der Waals surface area contributed by atoms with E-state index >= 15 is 0 Å². The monoisotopic (exact) mass is 241 g/mol. The molecule has 0 unspecified atom stereocenters. The third-order valence-electron chi connectivity index (χ3n) is 2.51. The second kappa shape index (κ2) is 4.72. The Morgan fingerprint density at radius 3 is 2.94 bits per heavy atom. The molecule has 0 saturated heterocycles. The molecular weight excluding hydrogens is 230 g/mol. The minimum atomic E-state index is 0.373. The van der Waals surface area contributed by atoms with Crippen molar-refractivity contribution in [1.29, 1.82) is 5.26 Å². The number of benzene rings is 1. The molecule has 5 heteroatoms. The first-order valence-electron chi connectivity index (χ1n) is 5.32. The van der Waals surface area contributed by atoms with Gasteiger partial charge in [-0.15, -0.1) is 0 Å². The van der Waals surface area contributed by atoms with Gasteiger partial charge in [-0.25, -0.2) is 4.68 Å². The summed E-state index contributed by atoms with van der Waals surface area (Å²) in [4.78, 5) is 11.0. The predicted molar refractivity (Wildman–Crippen MR) is 64.6 cm³/mol. The Bertz CT molecular complexity index is 638. The van der Waals surface area contributed by atoms with Gasteiger partial charge in [0.05, 0.1) is 22.9 Å². The van der Waals surface area contributed by atoms with E-state index in [2.05, 4.69) is 5.10 Å². The number of aryl methyl sites for hydroxylation is 2. The number of carbonyl (C=O) groups is 1. The summed E-state index contributed by atoms with van der Waals surface area (Å²) in [5.74, 6) is 0.873. The molecule has 1 heterocycles. The summed E-state index contributed by atoms with van der Waals surface area (Å²) in [5.41, 5.74) is 1.53. The van der Waals surface area contributed by atoms with Crippen LogP contribution in [0, 0.1) is 18.3 Å². The maximum absolute atomic E-state index is 11.0. The molecule has 0 N–H and O–H groups in total. The molecule has 0 fully saturated rings. The Balaban J connectivity index is 2.40. The molecule has 90 valence electrons. The van der Waals surface area contributed by atoms with Gasteiger partial charge in [-0.1, -0.05) is 6.07 Å². The predicted octanol–water partition coefficient (Wildman–Crippen LogP) is 2.21. The van der Waals surface area contributed by atoms with Crippen molar-refractivity contribution >= 4 is 6.29 Å². The van der Waals surface area contributed by atoms with Crippen LogP contribution >= 0.6 is 0 Å². The number of rotatable bonds is 3. The zero-order valence-corrected chi connectivity index (χ0v) is 10.0. The Morgan fingerprint density at radius 1 is 1.50 bits per heavy atom. The lowest BCUT2D eigenvalue weighted by molar-refractivity contribution is 0.112. The molecule has 0 radical (unpaired) electrons. The topological polar surface area (TPSA) is 67.9 Å². The first-order valence-corrected chi connectivity index (χ1v) is 5.32. The Morgan fingerprint density at radius 2 is 2.28 bits per heavy atom. The minimum absolute atomic E-state index is 0.373. The standard InChI is InChI=1S/C13H11N3O2/c1-9-12(8-17)13(16(2)15-9)18-11-5-3-4-10(6-11)7-14/h3-6,8H,1-2H3. The first kappa shape index (κ1) is 11.9. The van der Waals surface area contributed by atoms with Crippen molar-refractivity contribution in [3.63, 3.8) is 0 Å². The minimum Gasteiger partial charge on any atom is -0.438 e. The highest BCUT2D eigenvalue weighted by atomic mass is 16.5. The lowest BCUT2D eigenvalue weighted by Crippen LogP contribution is -1.96. The molecule has 1 aromatic carbocycles. The molecule has 0 bridgehead atoms. The zero-order valence-electron chi connectivity index (χ0n) is 10.0. The van der Waals surface area contributed by atoms with Crippen molar-refractivity contribution in [1.82, 2.24) is 9.78 Å². The largest absolute Gasteiger partial charge is 0.438 e. The second-order valence-corrected chi connectivity index (χ2v) is 3.79. The Kier molecular flexibility index (Phi) is 3.11. The van der Waals surface area contributed by atoms with E-state index in [0.29, 0.717) is 34.7 Å². The average Bonchev–Trinajstić information content (AvgIpc) is 2.64. The molecule has 5 nitrogen and oxygen atoms in total. The molecule has 0 aliphatic carbocycles. The molecule has 18 heavy (non-hydrogen) atoms. The van der Waals surface area contributed by atoms with Crippen molar-refractivity contribution in [2.75, 3.05) is 0 Å². The normalized spacial score (nSPS) is 9.83. The van der Waals surface area contributed by atoms with Crippen LogP contribution in [0.4, 0.5) is 0 Å². The number of hydrogen-bond donors (Lipinski definition) is 0. The summed E-state index contributed by atoms with van der Waals surface area (Å²) in [7, 11) is 1.70. The van der Waals surface area contributed by atoms with Crippen LogP contribution in [0.3, 0.4) is 0 Å². The average molecular weight is 241 g/mol. The smallest absolute Gasteiger partial charge is 0.228 e. The van der Waals surface area contributed by atoms with Gasteiger partial charge >= 0.3 is 0 Å². The molecule has 1 aromatic heterocycles. The molecule has 0 atom stereocenters. The fraction of sp³-hybridized carbons (Fsp3) is 0.154. The maximum atomic E-state index is 11.0. The molecule has 0 aliphatic rings. The van der Waals surface area contributed by atoms with Gasteiger partial charge in [0.1, 0.15) is 5.75 Å². The van der Waals surface area contributed by atoms with Crippen molar-refractivity contribution in [3.05, 3.63) is 41.1 Å². The fourth-order valence-electron chi connectivity index (χ4n) is 1.65. The highest BCUT2D eigenvalue weighted by Gasteiger charge is 2.14. The lowest BCUT2D eigenvalue weighted by Gasteiger charge is -2.06. The van der Waals surface area contributed by atoms with Crippen molar-refractivity contribution in [3.8, 4) is 17.7 Å². The van der Waals surface area contributed by atoms with Gasteiger partial charge < -0.3 is 4.74 Å². The van der Waals surface area contributed by atoms with Crippen LogP contribution < -0.4 is 4.74 Å².